The molecule has 1 heteroatoms. The summed E-state index contributed by atoms with van der Waals surface area (Å²) in [6.45, 7) is 14.3. The Bertz CT molecular complexity index is 695. The molecule has 0 bridgehead atoms. The van der Waals surface area contributed by atoms with Gasteiger partial charge in [-0.15, -0.1) is 0 Å². The largest absolute Gasteiger partial charge is 0.0706 e. The van der Waals surface area contributed by atoms with Gasteiger partial charge < -0.3 is 0 Å². The smallest absolute Gasteiger partial charge is 0.0651 e. The van der Waals surface area contributed by atoms with Crippen molar-refractivity contribution in [2.45, 2.75) is 85.1 Å². The minimum atomic E-state index is -0.395. The fourth-order valence-electron chi connectivity index (χ4n) is 5.44. The zero-order valence-electron chi connectivity index (χ0n) is 17.3. The van der Waals surface area contributed by atoms with Gasteiger partial charge in [0.2, 0.25) is 0 Å². The Morgan fingerprint density at radius 3 is 2.08 bits per heavy atom. The summed E-state index contributed by atoms with van der Waals surface area (Å²) in [5.41, 5.74) is 9.54. The maximum atomic E-state index is 2.57. The Hall–Kier alpha value is -1.08. The molecule has 1 aromatic rings. The molecule has 1 atom stereocenters. The van der Waals surface area contributed by atoms with Gasteiger partial charge in [-0.25, -0.2) is 0 Å². The Morgan fingerprint density at radius 1 is 0.880 bits per heavy atom. The number of hydrogen-bond donors (Lipinski definition) is 0. The van der Waals surface area contributed by atoms with Crippen LogP contribution in [-0.2, 0) is 0 Å². The van der Waals surface area contributed by atoms with Crippen LogP contribution >= 0.6 is 0 Å². The second kappa shape index (κ2) is 7.27. The third-order valence-corrected chi connectivity index (χ3v) is 9.61. The molecule has 2 aliphatic rings. The zero-order chi connectivity index (χ0) is 18.2. The van der Waals surface area contributed by atoms with E-state index in [0.717, 1.165) is 5.92 Å². The summed E-state index contributed by atoms with van der Waals surface area (Å²) >= 11 is 0. The molecule has 0 amide bonds. The van der Waals surface area contributed by atoms with Crippen LogP contribution in [0.4, 0.5) is 0 Å². The quantitative estimate of drug-likeness (QED) is 0.591. The molecule has 0 aromatic heterocycles. The van der Waals surface area contributed by atoms with Crippen LogP contribution in [0, 0.1) is 19.8 Å². The summed E-state index contributed by atoms with van der Waals surface area (Å²) in [6.07, 6.45) is 8.63. The average Bonchev–Trinajstić information content (AvgIpc) is 2.71. The summed E-state index contributed by atoms with van der Waals surface area (Å²) in [4.78, 5) is 0. The summed E-state index contributed by atoms with van der Waals surface area (Å²) in [5, 5.41) is 1.99. The Kier molecular flexibility index (Phi) is 5.44. The molecule has 0 aliphatic heterocycles. The molecule has 0 heterocycles. The molecule has 0 saturated heterocycles. The number of benzene rings is 1. The minimum absolute atomic E-state index is 0.353. The van der Waals surface area contributed by atoms with Gasteiger partial charge in [-0.2, -0.15) is 0 Å². The Labute approximate surface area is 157 Å². The predicted molar refractivity (Wildman–Crippen MR) is 115 cm³/mol. The fourth-order valence-corrected chi connectivity index (χ4v) is 8.26. The second-order valence-corrected chi connectivity index (χ2v) is 11.7. The molecule has 25 heavy (non-hydrogen) atoms. The molecule has 0 nitrogen and oxygen atoms in total. The van der Waals surface area contributed by atoms with Crippen molar-refractivity contribution in [3.63, 3.8) is 0 Å². The van der Waals surface area contributed by atoms with E-state index < -0.39 is 9.52 Å². The maximum absolute atomic E-state index is 2.57. The molecule has 0 spiro atoms. The molecule has 2 aliphatic carbocycles. The highest BCUT2D eigenvalue weighted by Crippen LogP contribution is 2.54. The van der Waals surface area contributed by atoms with E-state index in [1.807, 2.05) is 0 Å². The van der Waals surface area contributed by atoms with E-state index in [1.165, 1.54) is 49.7 Å². The third-order valence-electron chi connectivity index (χ3n) is 7.13. The molecule has 1 saturated carbocycles. The van der Waals surface area contributed by atoms with Crippen molar-refractivity contribution in [3.8, 4) is 0 Å². The van der Waals surface area contributed by atoms with Crippen molar-refractivity contribution in [2.75, 3.05) is 0 Å². The first kappa shape index (κ1) is 18.7. The first-order valence-corrected chi connectivity index (χ1v) is 11.7. The molecule has 1 fully saturated rings. The molecular formula is C24H36Si. The van der Waals surface area contributed by atoms with Crippen molar-refractivity contribution in [1.29, 1.82) is 0 Å². The minimum Gasteiger partial charge on any atom is -0.0651 e. The van der Waals surface area contributed by atoms with Gasteiger partial charge in [0, 0.05) is 5.04 Å². The van der Waals surface area contributed by atoms with Crippen LogP contribution in [0.3, 0.4) is 0 Å². The number of allylic oxidation sites excluding steroid dienone is 4. The highest BCUT2D eigenvalue weighted by atomic mass is 28.2. The van der Waals surface area contributed by atoms with E-state index in [2.05, 4.69) is 59.7 Å². The first-order valence-electron chi connectivity index (χ1n) is 10.3. The van der Waals surface area contributed by atoms with Crippen molar-refractivity contribution in [1.82, 2.24) is 0 Å². The molecule has 1 aromatic carbocycles. The van der Waals surface area contributed by atoms with Crippen LogP contribution in [0.1, 0.15) is 77.3 Å². The molecule has 0 N–H and O–H groups in total. The number of hydrogen-bond acceptors (Lipinski definition) is 0. The Morgan fingerprint density at radius 2 is 1.48 bits per heavy atom. The predicted octanol–water partition coefficient (Wildman–Crippen LogP) is 5.91. The van der Waals surface area contributed by atoms with Crippen LogP contribution in [0.2, 0.25) is 5.04 Å². The zero-order valence-corrected chi connectivity index (χ0v) is 18.7. The summed E-state index contributed by atoms with van der Waals surface area (Å²) in [5.74, 6) is 0.935. The average molecular weight is 353 g/mol. The van der Waals surface area contributed by atoms with E-state index in [-0.39, 0.29) is 0 Å². The van der Waals surface area contributed by atoms with Gasteiger partial charge in [0.15, 0.2) is 0 Å². The number of aryl methyl sites for hydroxylation is 2. The van der Waals surface area contributed by atoms with Crippen LogP contribution in [0.25, 0.3) is 0 Å². The highest BCUT2D eigenvalue weighted by Gasteiger charge is 2.39. The van der Waals surface area contributed by atoms with Gasteiger partial charge in [0.05, 0.1) is 9.52 Å². The lowest BCUT2D eigenvalue weighted by Gasteiger charge is -2.34. The van der Waals surface area contributed by atoms with Gasteiger partial charge >= 0.3 is 0 Å². The van der Waals surface area contributed by atoms with Crippen molar-refractivity contribution in [3.05, 3.63) is 51.6 Å². The van der Waals surface area contributed by atoms with E-state index >= 15 is 0 Å². The molecule has 0 radical (unpaired) electrons. The van der Waals surface area contributed by atoms with Crippen molar-refractivity contribution in [2.24, 2.45) is 5.92 Å². The van der Waals surface area contributed by atoms with E-state index in [1.54, 1.807) is 27.5 Å². The SMILES string of the molecule is CC1=C(C)C(C)([SiH2]c2cc(C)cc(C)c2)C(CC2CCCCC2)=C1C. The second-order valence-electron chi connectivity index (χ2n) is 9.07. The molecule has 136 valence electrons. The van der Waals surface area contributed by atoms with Crippen LogP contribution in [0.5, 0.6) is 0 Å². The molecular weight excluding hydrogens is 316 g/mol. The standard InChI is InChI=1S/C24H36Si/c1-16-12-17(2)14-22(13-16)25-24(6)20(5)18(3)19(4)23(24)15-21-10-8-7-9-11-21/h12-14,21H,7-11,15,25H2,1-6H3. The fraction of sp³-hybridized carbons (Fsp3) is 0.583. The van der Waals surface area contributed by atoms with Gasteiger partial charge in [-0.1, -0.05) is 84.7 Å². The van der Waals surface area contributed by atoms with Crippen molar-refractivity contribution < 1.29 is 0 Å². The van der Waals surface area contributed by atoms with Crippen LogP contribution in [-0.4, -0.2) is 9.52 Å². The number of rotatable bonds is 4. The van der Waals surface area contributed by atoms with Gasteiger partial charge in [0.25, 0.3) is 0 Å². The Balaban J connectivity index is 1.92. The van der Waals surface area contributed by atoms with Gasteiger partial charge in [-0.3, -0.25) is 0 Å². The highest BCUT2D eigenvalue weighted by molar-refractivity contribution is 6.59. The summed E-state index contributed by atoms with van der Waals surface area (Å²) in [6, 6.07) is 7.23. The van der Waals surface area contributed by atoms with E-state index in [0.29, 0.717) is 5.04 Å². The molecule has 3 rings (SSSR count). The molecule has 1 unspecified atom stereocenters. The lowest BCUT2D eigenvalue weighted by molar-refractivity contribution is 0.351. The lowest BCUT2D eigenvalue weighted by Crippen LogP contribution is -2.30. The van der Waals surface area contributed by atoms with Gasteiger partial charge in [-0.05, 0) is 58.1 Å². The maximum Gasteiger partial charge on any atom is 0.0706 e. The van der Waals surface area contributed by atoms with Gasteiger partial charge in [0.1, 0.15) is 0 Å². The normalized spacial score (nSPS) is 25.7. The van der Waals surface area contributed by atoms with Crippen LogP contribution in [0.15, 0.2) is 40.5 Å². The lowest BCUT2D eigenvalue weighted by atomic mass is 9.81. The van der Waals surface area contributed by atoms with E-state index in [9.17, 15) is 0 Å². The van der Waals surface area contributed by atoms with Crippen molar-refractivity contribution >= 4 is 14.7 Å². The summed E-state index contributed by atoms with van der Waals surface area (Å²) < 4.78 is 0. The van der Waals surface area contributed by atoms with E-state index in [4.69, 9.17) is 0 Å². The summed E-state index contributed by atoms with van der Waals surface area (Å²) in [7, 11) is -0.395. The third kappa shape index (κ3) is 3.72. The van der Waals surface area contributed by atoms with Crippen LogP contribution < -0.4 is 5.19 Å². The first-order chi connectivity index (χ1) is 11.8. The topological polar surface area (TPSA) is 0 Å². The monoisotopic (exact) mass is 352 g/mol.